The van der Waals surface area contributed by atoms with Crippen LogP contribution in [0.2, 0.25) is 0 Å². The summed E-state index contributed by atoms with van der Waals surface area (Å²) in [5, 5.41) is 0. The van der Waals surface area contributed by atoms with Crippen LogP contribution in [0.5, 0.6) is 0 Å². The van der Waals surface area contributed by atoms with E-state index in [9.17, 15) is 4.79 Å². The first kappa shape index (κ1) is 16.7. The number of piperidine rings is 1. The van der Waals surface area contributed by atoms with E-state index in [1.165, 1.54) is 19.4 Å². The lowest BCUT2D eigenvalue weighted by Gasteiger charge is -2.32. The Hall–Kier alpha value is -2.13. The molecule has 0 spiro atoms. The second-order valence-corrected chi connectivity index (χ2v) is 6.87. The Morgan fingerprint density at radius 3 is 2.58 bits per heavy atom. The molecule has 0 aromatic heterocycles. The summed E-state index contributed by atoms with van der Waals surface area (Å²) in [6, 6.07) is 18.1. The van der Waals surface area contributed by atoms with Crippen LogP contribution in [-0.4, -0.2) is 49.4 Å². The monoisotopic (exact) mass is 322 g/mol. The van der Waals surface area contributed by atoms with E-state index in [1.54, 1.807) is 0 Å². The van der Waals surface area contributed by atoms with E-state index >= 15 is 0 Å². The molecule has 126 valence electrons. The fourth-order valence-corrected chi connectivity index (χ4v) is 3.64. The fraction of sp³-hybridized carbons (Fsp3) is 0.381. The van der Waals surface area contributed by atoms with Gasteiger partial charge in [-0.3, -0.25) is 4.79 Å². The molecule has 0 N–H and O–H groups in total. The molecule has 0 radical (unpaired) electrons. The molecule has 1 aliphatic rings. The van der Waals surface area contributed by atoms with Crippen molar-refractivity contribution in [2.45, 2.75) is 12.8 Å². The normalized spacial score (nSPS) is 18.3. The van der Waals surface area contributed by atoms with Crippen LogP contribution in [0, 0.1) is 5.92 Å². The Morgan fingerprint density at radius 2 is 1.83 bits per heavy atom. The van der Waals surface area contributed by atoms with Crippen LogP contribution in [-0.2, 0) is 0 Å². The second kappa shape index (κ2) is 7.63. The van der Waals surface area contributed by atoms with Crippen LogP contribution in [0.1, 0.15) is 23.2 Å². The smallest absolute Gasteiger partial charge is 0.254 e. The van der Waals surface area contributed by atoms with E-state index in [4.69, 9.17) is 0 Å². The van der Waals surface area contributed by atoms with Crippen LogP contribution < -0.4 is 0 Å². The highest BCUT2D eigenvalue weighted by atomic mass is 16.2. The SMILES string of the molecule is CN1CCCC(CN(C)C(=O)c2ccccc2-c2ccccc2)C1. The van der Waals surface area contributed by atoms with E-state index in [0.717, 1.165) is 29.8 Å². The summed E-state index contributed by atoms with van der Waals surface area (Å²) in [4.78, 5) is 17.3. The third kappa shape index (κ3) is 3.85. The van der Waals surface area contributed by atoms with E-state index < -0.39 is 0 Å². The lowest BCUT2D eigenvalue weighted by molar-refractivity contribution is 0.0741. The molecule has 24 heavy (non-hydrogen) atoms. The number of amides is 1. The van der Waals surface area contributed by atoms with Crippen LogP contribution in [0.25, 0.3) is 11.1 Å². The highest BCUT2D eigenvalue weighted by Gasteiger charge is 2.22. The highest BCUT2D eigenvalue weighted by Crippen LogP contribution is 2.25. The summed E-state index contributed by atoms with van der Waals surface area (Å²) in [5.41, 5.74) is 2.89. The summed E-state index contributed by atoms with van der Waals surface area (Å²) < 4.78 is 0. The zero-order valence-corrected chi connectivity index (χ0v) is 14.6. The Kier molecular flexibility index (Phi) is 5.31. The van der Waals surface area contributed by atoms with Crippen molar-refractivity contribution in [2.24, 2.45) is 5.92 Å². The van der Waals surface area contributed by atoms with Crippen LogP contribution in [0.4, 0.5) is 0 Å². The zero-order valence-electron chi connectivity index (χ0n) is 14.6. The summed E-state index contributed by atoms with van der Waals surface area (Å²) in [6.45, 7) is 3.08. The molecular formula is C21H26N2O. The molecule has 2 aromatic carbocycles. The first-order chi connectivity index (χ1) is 11.6. The molecule has 1 unspecified atom stereocenters. The zero-order chi connectivity index (χ0) is 16.9. The predicted molar refractivity (Wildman–Crippen MR) is 99.1 cm³/mol. The van der Waals surface area contributed by atoms with Gasteiger partial charge in [0.25, 0.3) is 5.91 Å². The van der Waals surface area contributed by atoms with Gasteiger partial charge in [0.2, 0.25) is 0 Å². The fourth-order valence-electron chi connectivity index (χ4n) is 3.64. The topological polar surface area (TPSA) is 23.6 Å². The number of rotatable bonds is 4. The average Bonchev–Trinajstić information content (AvgIpc) is 2.62. The number of carbonyl (C=O) groups excluding carboxylic acids is 1. The predicted octanol–water partition coefficient (Wildman–Crippen LogP) is 3.77. The van der Waals surface area contributed by atoms with Gasteiger partial charge in [0.05, 0.1) is 0 Å². The standard InChI is InChI=1S/C21H26N2O/c1-22-14-8-9-17(15-22)16-23(2)21(24)20-13-7-6-12-19(20)18-10-4-3-5-11-18/h3-7,10-13,17H,8-9,14-16H2,1-2H3. The third-order valence-corrected chi connectivity index (χ3v) is 4.84. The summed E-state index contributed by atoms with van der Waals surface area (Å²) in [5.74, 6) is 0.685. The molecule has 2 aromatic rings. The van der Waals surface area contributed by atoms with Gasteiger partial charge in [-0.25, -0.2) is 0 Å². The second-order valence-electron chi connectivity index (χ2n) is 6.87. The van der Waals surface area contributed by atoms with Gasteiger partial charge in [0.1, 0.15) is 0 Å². The van der Waals surface area contributed by atoms with Crippen molar-refractivity contribution in [2.75, 3.05) is 33.7 Å². The van der Waals surface area contributed by atoms with Crippen LogP contribution in [0.3, 0.4) is 0 Å². The molecule has 0 saturated carbocycles. The summed E-state index contributed by atoms with van der Waals surface area (Å²) in [7, 11) is 4.09. The van der Waals surface area contributed by atoms with Gasteiger partial charge in [-0.2, -0.15) is 0 Å². The molecule has 0 bridgehead atoms. The van der Waals surface area contributed by atoms with Crippen molar-refractivity contribution in [1.82, 2.24) is 9.80 Å². The minimum absolute atomic E-state index is 0.114. The molecule has 1 atom stereocenters. The summed E-state index contributed by atoms with van der Waals surface area (Å²) >= 11 is 0. The molecule has 3 heteroatoms. The van der Waals surface area contributed by atoms with E-state index in [0.29, 0.717) is 5.92 Å². The van der Waals surface area contributed by atoms with Gasteiger partial charge < -0.3 is 9.80 Å². The maximum atomic E-state index is 13.0. The highest BCUT2D eigenvalue weighted by molar-refractivity contribution is 6.00. The minimum Gasteiger partial charge on any atom is -0.341 e. The van der Waals surface area contributed by atoms with Crippen molar-refractivity contribution in [3.05, 3.63) is 60.2 Å². The number of hydrogen-bond donors (Lipinski definition) is 0. The Bertz CT molecular complexity index is 683. The maximum Gasteiger partial charge on any atom is 0.254 e. The van der Waals surface area contributed by atoms with Crippen LogP contribution >= 0.6 is 0 Å². The average molecular weight is 322 g/mol. The summed E-state index contributed by atoms with van der Waals surface area (Å²) in [6.07, 6.45) is 2.44. The van der Waals surface area contributed by atoms with Crippen molar-refractivity contribution in [3.8, 4) is 11.1 Å². The molecule has 1 heterocycles. The Balaban J connectivity index is 1.77. The van der Waals surface area contributed by atoms with Gasteiger partial charge in [-0.15, -0.1) is 0 Å². The Labute approximate surface area is 144 Å². The number of likely N-dealkylation sites (tertiary alicyclic amines) is 1. The quantitative estimate of drug-likeness (QED) is 0.855. The van der Waals surface area contributed by atoms with E-state index in [1.807, 2.05) is 54.4 Å². The molecular weight excluding hydrogens is 296 g/mol. The molecule has 1 aliphatic heterocycles. The number of nitrogens with zero attached hydrogens (tertiary/aromatic N) is 2. The maximum absolute atomic E-state index is 13.0. The van der Waals surface area contributed by atoms with Gasteiger partial charge in [-0.1, -0.05) is 48.5 Å². The molecule has 1 fully saturated rings. The van der Waals surface area contributed by atoms with Crippen molar-refractivity contribution in [3.63, 3.8) is 0 Å². The minimum atomic E-state index is 0.114. The number of carbonyl (C=O) groups is 1. The van der Waals surface area contributed by atoms with E-state index in [-0.39, 0.29) is 5.91 Å². The van der Waals surface area contributed by atoms with Crippen LogP contribution in [0.15, 0.2) is 54.6 Å². The molecule has 0 aliphatic carbocycles. The first-order valence-corrected chi connectivity index (χ1v) is 8.73. The molecule has 1 saturated heterocycles. The van der Waals surface area contributed by atoms with E-state index in [2.05, 4.69) is 24.1 Å². The lowest BCUT2D eigenvalue weighted by Crippen LogP contribution is -2.40. The lowest BCUT2D eigenvalue weighted by atomic mass is 9.96. The first-order valence-electron chi connectivity index (χ1n) is 8.73. The van der Waals surface area contributed by atoms with Gasteiger partial charge in [0.15, 0.2) is 0 Å². The van der Waals surface area contributed by atoms with Gasteiger partial charge >= 0.3 is 0 Å². The van der Waals surface area contributed by atoms with Gasteiger partial charge in [-0.05, 0) is 49.5 Å². The largest absolute Gasteiger partial charge is 0.341 e. The van der Waals surface area contributed by atoms with Crippen molar-refractivity contribution in [1.29, 1.82) is 0 Å². The third-order valence-electron chi connectivity index (χ3n) is 4.84. The molecule has 3 rings (SSSR count). The molecule has 3 nitrogen and oxygen atoms in total. The Morgan fingerprint density at radius 1 is 1.12 bits per heavy atom. The van der Waals surface area contributed by atoms with Gasteiger partial charge in [0, 0.05) is 25.7 Å². The number of benzene rings is 2. The van der Waals surface area contributed by atoms with Crippen molar-refractivity contribution < 1.29 is 4.79 Å². The molecule has 1 amide bonds. The number of hydrogen-bond acceptors (Lipinski definition) is 2. The van der Waals surface area contributed by atoms with Crippen molar-refractivity contribution >= 4 is 5.91 Å².